The molecule has 0 unspecified atom stereocenters. The molecule has 2 nitrogen and oxygen atoms in total. The first-order valence-corrected chi connectivity index (χ1v) is 9.17. The van der Waals surface area contributed by atoms with Crippen molar-refractivity contribution in [3.05, 3.63) is 23.8 Å². The van der Waals surface area contributed by atoms with Gasteiger partial charge in [0.15, 0.2) is 5.78 Å². The van der Waals surface area contributed by atoms with Crippen molar-refractivity contribution in [1.82, 2.24) is 0 Å². The van der Waals surface area contributed by atoms with Crippen LogP contribution in [0.3, 0.4) is 0 Å². The van der Waals surface area contributed by atoms with Crippen LogP contribution in [0.4, 0.5) is 0 Å². The van der Waals surface area contributed by atoms with E-state index >= 15 is 0 Å². The van der Waals surface area contributed by atoms with Gasteiger partial charge in [0.2, 0.25) is 0 Å². The summed E-state index contributed by atoms with van der Waals surface area (Å²) >= 11 is 0. The van der Waals surface area contributed by atoms with Crippen LogP contribution in [0.5, 0.6) is 0 Å². The smallest absolute Gasteiger partial charge is 0.155 e. The number of aliphatic hydroxyl groups is 1. The summed E-state index contributed by atoms with van der Waals surface area (Å²) in [4.78, 5) is 11.7. The first-order chi connectivity index (χ1) is 11.0. The standard InChI is InChI=1S/C21H26O2/c1-3-20-11-9-17-16-8-6-15(22)13-14(16)5-7-18(17)19(20)10-12-21(20,23)4-2/h2,10,12-13,16-19,23H,3,5-9,11H2,1H3/t16-,17+,18+,19-,20-,21-/m1/s1. The molecule has 122 valence electrons. The molecule has 0 aromatic rings. The minimum atomic E-state index is -1.07. The van der Waals surface area contributed by atoms with Gasteiger partial charge in [0.1, 0.15) is 5.60 Å². The maximum atomic E-state index is 11.7. The van der Waals surface area contributed by atoms with Gasteiger partial charge in [0, 0.05) is 11.8 Å². The van der Waals surface area contributed by atoms with Gasteiger partial charge in [0.05, 0.1) is 0 Å². The highest BCUT2D eigenvalue weighted by Crippen LogP contribution is 2.63. The average molecular weight is 310 g/mol. The van der Waals surface area contributed by atoms with Crippen LogP contribution in [0.1, 0.15) is 51.9 Å². The second-order valence-corrected chi connectivity index (χ2v) is 8.04. The van der Waals surface area contributed by atoms with E-state index in [9.17, 15) is 9.90 Å². The number of ketones is 1. The highest BCUT2D eigenvalue weighted by Gasteiger charge is 2.61. The molecule has 0 radical (unpaired) electrons. The first-order valence-electron chi connectivity index (χ1n) is 9.17. The molecule has 4 rings (SSSR count). The van der Waals surface area contributed by atoms with E-state index in [1.807, 2.05) is 12.2 Å². The van der Waals surface area contributed by atoms with Gasteiger partial charge in [-0.3, -0.25) is 4.79 Å². The van der Waals surface area contributed by atoms with E-state index in [0.717, 1.165) is 38.5 Å². The second-order valence-electron chi connectivity index (χ2n) is 8.04. The minimum Gasteiger partial charge on any atom is -0.373 e. The van der Waals surface area contributed by atoms with E-state index in [4.69, 9.17) is 6.42 Å². The predicted molar refractivity (Wildman–Crippen MR) is 90.4 cm³/mol. The molecule has 4 aliphatic carbocycles. The van der Waals surface area contributed by atoms with Crippen LogP contribution in [0.2, 0.25) is 0 Å². The van der Waals surface area contributed by atoms with Crippen molar-refractivity contribution in [2.24, 2.45) is 29.1 Å². The summed E-state index contributed by atoms with van der Waals surface area (Å²) in [5.41, 5.74) is 0.158. The number of fused-ring (bicyclic) bond motifs is 5. The highest BCUT2D eigenvalue weighted by molar-refractivity contribution is 5.91. The molecule has 0 saturated heterocycles. The van der Waals surface area contributed by atoms with E-state index in [1.54, 1.807) is 0 Å². The molecule has 2 fully saturated rings. The fraction of sp³-hybridized carbons (Fsp3) is 0.667. The maximum absolute atomic E-state index is 11.7. The number of hydrogen-bond donors (Lipinski definition) is 1. The van der Waals surface area contributed by atoms with Crippen molar-refractivity contribution >= 4 is 5.78 Å². The summed E-state index contributed by atoms with van der Waals surface area (Å²) in [5, 5.41) is 11.0. The van der Waals surface area contributed by atoms with Crippen molar-refractivity contribution in [2.75, 3.05) is 0 Å². The van der Waals surface area contributed by atoms with Crippen LogP contribution in [0, 0.1) is 41.4 Å². The fourth-order valence-electron chi connectivity index (χ4n) is 6.38. The van der Waals surface area contributed by atoms with Gasteiger partial charge in [0.25, 0.3) is 0 Å². The Labute approximate surface area is 139 Å². The number of terminal acetylenes is 1. The van der Waals surface area contributed by atoms with E-state index < -0.39 is 5.60 Å². The van der Waals surface area contributed by atoms with Crippen molar-refractivity contribution < 1.29 is 9.90 Å². The molecule has 6 atom stereocenters. The SMILES string of the molecule is C#C[C@@]1(O)C=C[C@@H]2[C@H]3CCC4=CC(=O)CC[C@H]4[C@@H]3CC[C@]21CC. The molecule has 4 aliphatic rings. The first kappa shape index (κ1) is 15.2. The van der Waals surface area contributed by atoms with Gasteiger partial charge in [-0.15, -0.1) is 6.42 Å². The zero-order valence-electron chi connectivity index (χ0n) is 13.9. The lowest BCUT2D eigenvalue weighted by atomic mass is 9.49. The van der Waals surface area contributed by atoms with Gasteiger partial charge < -0.3 is 5.11 Å². The van der Waals surface area contributed by atoms with Gasteiger partial charge in [-0.05, 0) is 74.3 Å². The largest absolute Gasteiger partial charge is 0.373 e. The quantitative estimate of drug-likeness (QED) is 0.593. The van der Waals surface area contributed by atoms with E-state index in [1.165, 1.54) is 5.57 Å². The Morgan fingerprint density at radius 1 is 1.30 bits per heavy atom. The molecule has 0 amide bonds. The summed E-state index contributed by atoms with van der Waals surface area (Å²) in [6, 6.07) is 0. The van der Waals surface area contributed by atoms with Gasteiger partial charge in [-0.1, -0.05) is 24.5 Å². The molecular weight excluding hydrogens is 284 g/mol. The third kappa shape index (κ3) is 1.89. The molecule has 23 heavy (non-hydrogen) atoms. The lowest BCUT2D eigenvalue weighted by Gasteiger charge is -2.55. The van der Waals surface area contributed by atoms with E-state index in [-0.39, 0.29) is 5.41 Å². The minimum absolute atomic E-state index is 0.172. The molecule has 0 bridgehead atoms. The van der Waals surface area contributed by atoms with Gasteiger partial charge in [-0.25, -0.2) is 0 Å². The number of carbonyl (C=O) groups is 1. The van der Waals surface area contributed by atoms with Crippen molar-refractivity contribution in [1.29, 1.82) is 0 Å². The van der Waals surface area contributed by atoms with Gasteiger partial charge >= 0.3 is 0 Å². The Bertz CT molecular complexity index is 637. The molecule has 0 aromatic carbocycles. The molecule has 0 spiro atoms. The van der Waals surface area contributed by atoms with Crippen LogP contribution < -0.4 is 0 Å². The third-order valence-corrected chi connectivity index (χ3v) is 7.54. The fourth-order valence-corrected chi connectivity index (χ4v) is 6.38. The lowest BCUT2D eigenvalue weighted by molar-refractivity contribution is -0.116. The van der Waals surface area contributed by atoms with Gasteiger partial charge in [-0.2, -0.15) is 0 Å². The summed E-state index contributed by atoms with van der Waals surface area (Å²) in [5.74, 6) is 5.28. The molecule has 0 heterocycles. The van der Waals surface area contributed by atoms with Crippen LogP contribution in [-0.2, 0) is 4.79 Å². The zero-order chi connectivity index (χ0) is 16.2. The second kappa shape index (κ2) is 5.08. The van der Waals surface area contributed by atoms with Crippen LogP contribution in [0.15, 0.2) is 23.8 Å². The monoisotopic (exact) mass is 310 g/mol. The Morgan fingerprint density at radius 2 is 2.13 bits per heavy atom. The molecule has 2 saturated carbocycles. The normalized spacial score (nSPS) is 48.0. The Kier molecular flexibility index (Phi) is 3.36. The van der Waals surface area contributed by atoms with Crippen molar-refractivity contribution in [3.8, 4) is 12.3 Å². The van der Waals surface area contributed by atoms with Crippen molar-refractivity contribution in [3.63, 3.8) is 0 Å². The van der Waals surface area contributed by atoms with Crippen LogP contribution in [-0.4, -0.2) is 16.5 Å². The van der Waals surface area contributed by atoms with E-state index in [2.05, 4.69) is 18.9 Å². The highest BCUT2D eigenvalue weighted by atomic mass is 16.3. The Morgan fingerprint density at radius 3 is 2.87 bits per heavy atom. The molecular formula is C21H26O2. The summed E-state index contributed by atoms with van der Waals surface area (Å²) in [7, 11) is 0. The molecule has 2 heteroatoms. The van der Waals surface area contributed by atoms with E-state index in [0.29, 0.717) is 35.9 Å². The molecule has 0 aliphatic heterocycles. The number of carbonyl (C=O) groups excluding carboxylic acids is 1. The van der Waals surface area contributed by atoms with Crippen LogP contribution in [0.25, 0.3) is 0 Å². The maximum Gasteiger partial charge on any atom is 0.155 e. The average Bonchev–Trinajstić information content (AvgIpc) is 2.88. The van der Waals surface area contributed by atoms with Crippen molar-refractivity contribution in [2.45, 2.75) is 57.5 Å². The number of hydrogen-bond acceptors (Lipinski definition) is 2. The molecule has 1 N–H and O–H groups in total. The topological polar surface area (TPSA) is 37.3 Å². The lowest BCUT2D eigenvalue weighted by Crippen LogP contribution is -2.54. The zero-order valence-corrected chi connectivity index (χ0v) is 13.9. The third-order valence-electron chi connectivity index (χ3n) is 7.54. The Balaban J connectivity index is 1.69. The van der Waals surface area contributed by atoms with Crippen LogP contribution >= 0.6 is 0 Å². The Hall–Kier alpha value is -1.33. The summed E-state index contributed by atoms with van der Waals surface area (Å²) in [6.07, 6.45) is 18.8. The predicted octanol–water partition coefficient (Wildman–Crippen LogP) is 3.66. The molecule has 0 aromatic heterocycles. The number of rotatable bonds is 1. The number of allylic oxidation sites excluding steroid dienone is 3. The summed E-state index contributed by atoms with van der Waals surface area (Å²) in [6.45, 7) is 2.18. The summed E-state index contributed by atoms with van der Waals surface area (Å²) < 4.78 is 0.